The molecule has 0 aliphatic heterocycles. The van der Waals surface area contributed by atoms with Crippen molar-refractivity contribution in [2.24, 2.45) is 0 Å². The molecule has 0 unspecified atom stereocenters. The summed E-state index contributed by atoms with van der Waals surface area (Å²) in [5.74, 6) is 0. The molecule has 3 heteroatoms. The molecule has 0 saturated carbocycles. The fraction of sp³-hybridized carbons (Fsp3) is 0.167. The van der Waals surface area contributed by atoms with E-state index >= 15 is 0 Å². The third kappa shape index (κ3) is 2.00. The van der Waals surface area contributed by atoms with Crippen LogP contribution >= 0.6 is 0 Å². The van der Waals surface area contributed by atoms with Gasteiger partial charge in [-0.25, -0.2) is 6.07 Å². The number of imidazole rings is 1. The Morgan fingerprint density at radius 3 is 2.67 bits per heavy atom. The van der Waals surface area contributed by atoms with Crippen molar-refractivity contribution in [3.63, 3.8) is 0 Å². The average molecular weight is 451 g/mol. The molecule has 2 aromatic carbocycles. The van der Waals surface area contributed by atoms with Gasteiger partial charge >= 0.3 is 0 Å². The van der Waals surface area contributed by atoms with E-state index in [9.17, 15) is 0 Å². The van der Waals surface area contributed by atoms with Crippen molar-refractivity contribution in [2.45, 2.75) is 19.3 Å². The Hall–Kier alpha value is -1.70. The van der Waals surface area contributed by atoms with Crippen molar-refractivity contribution >= 4 is 0 Å². The molecule has 21 heavy (non-hydrogen) atoms. The van der Waals surface area contributed by atoms with E-state index in [0.717, 1.165) is 5.69 Å². The molecule has 0 bridgehead atoms. The summed E-state index contributed by atoms with van der Waals surface area (Å²) in [5, 5.41) is 0. The number of fused-ring (bicyclic) bond motifs is 3. The first-order chi connectivity index (χ1) is 9.68. The fourth-order valence-electron chi connectivity index (χ4n) is 3.13. The number of rotatable bonds is 1. The second-order valence-corrected chi connectivity index (χ2v) is 5.71. The molecule has 0 spiro atoms. The summed E-state index contributed by atoms with van der Waals surface area (Å²) in [5.41, 5.74) is 6.35. The Bertz CT molecular complexity index is 789. The van der Waals surface area contributed by atoms with E-state index < -0.39 is 0 Å². The van der Waals surface area contributed by atoms with E-state index in [4.69, 9.17) is 0 Å². The Morgan fingerprint density at radius 1 is 1.10 bits per heavy atom. The monoisotopic (exact) mass is 451 g/mol. The third-order valence-corrected chi connectivity index (χ3v) is 4.21. The minimum absolute atomic E-state index is 0. The molecule has 1 aromatic heterocycles. The summed E-state index contributed by atoms with van der Waals surface area (Å²) in [6.07, 6.45) is 6.56. The summed E-state index contributed by atoms with van der Waals surface area (Å²) in [6.45, 7) is 4.55. The molecule has 2 nitrogen and oxygen atoms in total. The van der Waals surface area contributed by atoms with Crippen molar-refractivity contribution in [2.75, 3.05) is 0 Å². The SMILES string of the molecule is CC1(C)c2ccccc2-c2c[c-]c(-n3[c-]ncc3)cc21.[Ir]. The second-order valence-electron chi connectivity index (χ2n) is 5.71. The molecule has 1 aliphatic carbocycles. The first-order valence-corrected chi connectivity index (χ1v) is 6.75. The van der Waals surface area contributed by atoms with Gasteiger partial charge in [-0.05, 0) is 11.0 Å². The second kappa shape index (κ2) is 4.94. The minimum atomic E-state index is 0. The first-order valence-electron chi connectivity index (χ1n) is 6.75. The van der Waals surface area contributed by atoms with Crippen molar-refractivity contribution < 1.29 is 20.1 Å². The van der Waals surface area contributed by atoms with Crippen LogP contribution < -0.4 is 0 Å². The maximum atomic E-state index is 3.99. The number of aromatic nitrogens is 2. The summed E-state index contributed by atoms with van der Waals surface area (Å²) >= 11 is 0. The van der Waals surface area contributed by atoms with Crippen molar-refractivity contribution in [3.8, 4) is 16.8 Å². The number of hydrogen-bond donors (Lipinski definition) is 0. The van der Waals surface area contributed by atoms with Crippen LogP contribution in [0.5, 0.6) is 0 Å². The van der Waals surface area contributed by atoms with E-state index in [1.54, 1.807) is 6.20 Å². The van der Waals surface area contributed by atoms with Crippen molar-refractivity contribution in [1.29, 1.82) is 0 Å². The Labute approximate surface area is 138 Å². The van der Waals surface area contributed by atoms with Crippen LogP contribution in [0.2, 0.25) is 0 Å². The standard InChI is InChI=1S/C18H14N2.Ir/c1-18(2)16-6-4-3-5-14(16)15-8-7-13(11-17(15)18)20-10-9-19-12-20;/h3-6,8-11H,1-2H3;/q-2;. The van der Waals surface area contributed by atoms with Gasteiger partial charge in [0.1, 0.15) is 0 Å². The Kier molecular flexibility index (Phi) is 3.35. The molecule has 0 fully saturated rings. The predicted octanol–water partition coefficient (Wildman–Crippen LogP) is 3.78. The quantitative estimate of drug-likeness (QED) is 0.516. The van der Waals surface area contributed by atoms with Gasteiger partial charge in [-0.2, -0.15) is 17.8 Å². The molecule has 4 rings (SSSR count). The molecule has 0 saturated heterocycles. The van der Waals surface area contributed by atoms with Crippen LogP contribution in [-0.4, -0.2) is 9.55 Å². The van der Waals surface area contributed by atoms with E-state index in [1.807, 2.05) is 10.8 Å². The molecule has 107 valence electrons. The molecule has 0 amide bonds. The first kappa shape index (κ1) is 14.2. The smallest absolute Gasteiger partial charge is 0.0391 e. The van der Waals surface area contributed by atoms with E-state index in [0.29, 0.717) is 0 Å². The summed E-state index contributed by atoms with van der Waals surface area (Å²) in [6, 6.07) is 16.3. The van der Waals surface area contributed by atoms with Gasteiger partial charge in [-0.1, -0.05) is 56.1 Å². The van der Waals surface area contributed by atoms with Crippen molar-refractivity contribution in [3.05, 3.63) is 72.3 Å². The zero-order valence-corrected chi connectivity index (χ0v) is 14.2. The molecular formula is C18H14IrN2-2. The van der Waals surface area contributed by atoms with Crippen LogP contribution in [0.3, 0.4) is 0 Å². The zero-order valence-electron chi connectivity index (χ0n) is 11.8. The minimum Gasteiger partial charge on any atom is -0.454 e. The van der Waals surface area contributed by atoms with Crippen LogP contribution in [0.25, 0.3) is 16.8 Å². The Balaban J connectivity index is 0.00000132. The van der Waals surface area contributed by atoms with Crippen molar-refractivity contribution in [1.82, 2.24) is 9.55 Å². The van der Waals surface area contributed by atoms with Crippen LogP contribution in [-0.2, 0) is 25.5 Å². The predicted molar refractivity (Wildman–Crippen MR) is 78.8 cm³/mol. The molecule has 3 aromatic rings. The largest absolute Gasteiger partial charge is 0.454 e. The normalized spacial score (nSPS) is 14.2. The van der Waals surface area contributed by atoms with Gasteiger partial charge in [-0.15, -0.1) is 11.1 Å². The molecule has 1 radical (unpaired) electrons. The van der Waals surface area contributed by atoms with Crippen LogP contribution in [0, 0.1) is 12.4 Å². The summed E-state index contributed by atoms with van der Waals surface area (Å²) in [7, 11) is 0. The van der Waals surface area contributed by atoms with Gasteiger partial charge < -0.3 is 9.55 Å². The van der Waals surface area contributed by atoms with Gasteiger partial charge in [0.25, 0.3) is 0 Å². The topological polar surface area (TPSA) is 17.8 Å². The van der Waals surface area contributed by atoms with Gasteiger partial charge in [0, 0.05) is 26.4 Å². The van der Waals surface area contributed by atoms with Gasteiger partial charge in [-0.3, -0.25) is 0 Å². The summed E-state index contributed by atoms with van der Waals surface area (Å²) < 4.78 is 1.87. The number of nitrogens with zero attached hydrogens (tertiary/aromatic N) is 2. The zero-order chi connectivity index (χ0) is 13.7. The third-order valence-electron chi connectivity index (χ3n) is 4.21. The molecule has 1 heterocycles. The molecule has 0 atom stereocenters. The fourth-order valence-corrected chi connectivity index (χ4v) is 3.13. The van der Waals surface area contributed by atoms with Gasteiger partial charge in [0.05, 0.1) is 0 Å². The van der Waals surface area contributed by atoms with E-state index in [-0.39, 0.29) is 25.5 Å². The van der Waals surface area contributed by atoms with Crippen LogP contribution in [0.4, 0.5) is 0 Å². The molecule has 1 aliphatic rings. The van der Waals surface area contributed by atoms with Crippen LogP contribution in [0.15, 0.2) is 48.8 Å². The van der Waals surface area contributed by atoms with E-state index in [2.05, 4.69) is 67.6 Å². The van der Waals surface area contributed by atoms with Crippen LogP contribution in [0.1, 0.15) is 25.0 Å². The van der Waals surface area contributed by atoms with E-state index in [1.165, 1.54) is 22.3 Å². The molecule has 0 N–H and O–H groups in total. The average Bonchev–Trinajstić information content (AvgIpc) is 3.07. The number of benzene rings is 2. The summed E-state index contributed by atoms with van der Waals surface area (Å²) in [4.78, 5) is 3.99. The maximum Gasteiger partial charge on any atom is 0.0391 e. The molecular weight excluding hydrogens is 436 g/mol. The van der Waals surface area contributed by atoms with Gasteiger partial charge in [0.2, 0.25) is 0 Å². The number of hydrogen-bond acceptors (Lipinski definition) is 1. The maximum absolute atomic E-state index is 3.99. The van der Waals surface area contributed by atoms with Gasteiger partial charge in [0.15, 0.2) is 0 Å². The Morgan fingerprint density at radius 2 is 1.90 bits per heavy atom.